The number of thioether (sulfide) groups is 1. The van der Waals surface area contributed by atoms with E-state index in [4.69, 9.17) is 9.26 Å². The summed E-state index contributed by atoms with van der Waals surface area (Å²) >= 11 is 1.82. The first-order valence-corrected chi connectivity index (χ1v) is 8.66. The third kappa shape index (κ3) is 4.20. The molecule has 1 aliphatic rings. The lowest BCUT2D eigenvalue weighted by Crippen LogP contribution is -2.43. The molecule has 5 nitrogen and oxygen atoms in total. The normalized spacial score (nSPS) is 25.1. The van der Waals surface area contributed by atoms with Gasteiger partial charge in [-0.2, -0.15) is 16.7 Å². The van der Waals surface area contributed by atoms with Crippen molar-refractivity contribution in [2.75, 3.05) is 5.75 Å². The Morgan fingerprint density at radius 2 is 2.10 bits per heavy atom. The van der Waals surface area contributed by atoms with Crippen LogP contribution in [0.4, 0.5) is 0 Å². The smallest absolute Gasteiger partial charge is 0.240 e. The summed E-state index contributed by atoms with van der Waals surface area (Å²) in [6, 6.07) is 0.283. The van der Waals surface area contributed by atoms with E-state index in [2.05, 4.69) is 57.0 Å². The summed E-state index contributed by atoms with van der Waals surface area (Å²) in [7, 11) is 0. The molecule has 1 aromatic heterocycles. The quantitative estimate of drug-likeness (QED) is 0.869. The predicted octanol–water partition coefficient (Wildman–Crippen LogP) is 3.32. The lowest BCUT2D eigenvalue weighted by Gasteiger charge is -2.27. The van der Waals surface area contributed by atoms with Crippen LogP contribution in [0.3, 0.4) is 0 Å². The molecule has 2 atom stereocenters. The van der Waals surface area contributed by atoms with Gasteiger partial charge in [-0.3, -0.25) is 0 Å². The molecule has 21 heavy (non-hydrogen) atoms. The topological polar surface area (TPSA) is 60.2 Å². The molecular formula is C15H27N3O2S. The minimum absolute atomic E-state index is 0.0898. The van der Waals surface area contributed by atoms with Gasteiger partial charge in [0.25, 0.3) is 0 Å². The molecule has 0 aliphatic carbocycles. The van der Waals surface area contributed by atoms with Crippen LogP contribution in [-0.2, 0) is 11.3 Å². The van der Waals surface area contributed by atoms with Crippen molar-refractivity contribution in [3.63, 3.8) is 0 Å². The third-order valence-corrected chi connectivity index (χ3v) is 4.88. The molecule has 0 bridgehead atoms. The van der Waals surface area contributed by atoms with Crippen LogP contribution >= 0.6 is 11.8 Å². The van der Waals surface area contributed by atoms with Crippen LogP contribution in [0.2, 0.25) is 0 Å². The van der Waals surface area contributed by atoms with Crippen LogP contribution in [0.15, 0.2) is 4.52 Å². The zero-order chi connectivity index (χ0) is 15.7. The third-order valence-electron chi connectivity index (χ3n) is 3.84. The maximum atomic E-state index is 6.08. The molecule has 0 aromatic carbocycles. The molecule has 1 aromatic rings. The summed E-state index contributed by atoms with van der Waals surface area (Å²) in [5.41, 5.74) is -0.273. The number of nitrogens with one attached hydrogen (secondary N) is 1. The van der Waals surface area contributed by atoms with Crippen molar-refractivity contribution < 1.29 is 9.26 Å². The van der Waals surface area contributed by atoms with E-state index in [1.54, 1.807) is 0 Å². The summed E-state index contributed by atoms with van der Waals surface area (Å²) in [5, 5.41) is 7.84. The van der Waals surface area contributed by atoms with Gasteiger partial charge >= 0.3 is 0 Å². The molecule has 0 amide bonds. The Labute approximate surface area is 131 Å². The fraction of sp³-hybridized carbons (Fsp3) is 0.867. The first-order valence-electron chi connectivity index (χ1n) is 7.61. The van der Waals surface area contributed by atoms with Gasteiger partial charge in [-0.15, -0.1) is 0 Å². The molecular weight excluding hydrogens is 286 g/mol. The molecule has 1 fully saturated rings. The van der Waals surface area contributed by atoms with E-state index in [0.29, 0.717) is 12.4 Å². The lowest BCUT2D eigenvalue weighted by molar-refractivity contribution is -0.0700. The van der Waals surface area contributed by atoms with Gasteiger partial charge in [0, 0.05) is 6.04 Å². The standard InChI is InChI=1S/C15H27N3O2S/c1-7-21-10(2)13-17-12(19-18-13)9-16-11-8-14(3,4)20-15(11,5)6/h10-11,16H,7-9H2,1-6H3/t10-,11-/m0/s1. The minimum Gasteiger partial charge on any atom is -0.368 e. The highest BCUT2D eigenvalue weighted by Crippen LogP contribution is 2.37. The average Bonchev–Trinajstić information content (AvgIpc) is 2.89. The Morgan fingerprint density at radius 1 is 1.38 bits per heavy atom. The van der Waals surface area contributed by atoms with Crippen LogP contribution in [-0.4, -0.2) is 33.1 Å². The van der Waals surface area contributed by atoms with Gasteiger partial charge < -0.3 is 14.6 Å². The predicted molar refractivity (Wildman–Crippen MR) is 85.3 cm³/mol. The van der Waals surface area contributed by atoms with Crippen molar-refractivity contribution in [3.05, 3.63) is 11.7 Å². The molecule has 1 N–H and O–H groups in total. The second-order valence-corrected chi connectivity index (χ2v) is 8.36. The Hall–Kier alpha value is -0.590. The van der Waals surface area contributed by atoms with Gasteiger partial charge in [-0.05, 0) is 46.8 Å². The van der Waals surface area contributed by atoms with Gasteiger partial charge in [0.2, 0.25) is 5.89 Å². The Kier molecular flexibility index (Phi) is 5.00. The highest BCUT2D eigenvalue weighted by atomic mass is 32.2. The lowest BCUT2D eigenvalue weighted by atomic mass is 9.94. The number of hydrogen-bond acceptors (Lipinski definition) is 6. The molecule has 0 spiro atoms. The summed E-state index contributed by atoms with van der Waals surface area (Å²) < 4.78 is 11.4. The van der Waals surface area contributed by atoms with Gasteiger partial charge in [-0.1, -0.05) is 12.1 Å². The van der Waals surface area contributed by atoms with Gasteiger partial charge in [0.15, 0.2) is 5.82 Å². The maximum Gasteiger partial charge on any atom is 0.240 e. The maximum absolute atomic E-state index is 6.08. The van der Waals surface area contributed by atoms with Crippen LogP contribution in [0.1, 0.15) is 64.9 Å². The molecule has 1 aliphatic heterocycles. The number of hydrogen-bond donors (Lipinski definition) is 1. The monoisotopic (exact) mass is 313 g/mol. The summed E-state index contributed by atoms with van der Waals surface area (Å²) in [6.07, 6.45) is 0.975. The number of rotatable bonds is 6. The Bertz CT molecular complexity index is 473. The second-order valence-electron chi connectivity index (χ2n) is 6.75. The van der Waals surface area contributed by atoms with Crippen LogP contribution < -0.4 is 5.32 Å². The average molecular weight is 313 g/mol. The molecule has 2 heterocycles. The van der Waals surface area contributed by atoms with Crippen LogP contribution in [0, 0.1) is 0 Å². The van der Waals surface area contributed by atoms with Crippen molar-refractivity contribution in [3.8, 4) is 0 Å². The van der Waals surface area contributed by atoms with Crippen molar-refractivity contribution in [1.82, 2.24) is 15.5 Å². The Balaban J connectivity index is 1.92. The fourth-order valence-electron chi connectivity index (χ4n) is 2.92. The molecule has 1 saturated heterocycles. The van der Waals surface area contributed by atoms with Gasteiger partial charge in [0.05, 0.1) is 23.0 Å². The molecule has 2 rings (SSSR count). The minimum atomic E-state index is -0.183. The number of ether oxygens (including phenoxy) is 1. The zero-order valence-electron chi connectivity index (χ0n) is 13.9. The van der Waals surface area contributed by atoms with Crippen molar-refractivity contribution in [2.24, 2.45) is 0 Å². The molecule has 0 unspecified atom stereocenters. The van der Waals surface area contributed by atoms with E-state index in [0.717, 1.165) is 18.0 Å². The highest BCUT2D eigenvalue weighted by Gasteiger charge is 2.45. The van der Waals surface area contributed by atoms with Crippen LogP contribution in [0.5, 0.6) is 0 Å². The summed E-state index contributed by atoms with van der Waals surface area (Å²) in [4.78, 5) is 4.47. The van der Waals surface area contributed by atoms with E-state index in [1.165, 1.54) is 0 Å². The highest BCUT2D eigenvalue weighted by molar-refractivity contribution is 7.99. The van der Waals surface area contributed by atoms with E-state index >= 15 is 0 Å². The number of aromatic nitrogens is 2. The van der Waals surface area contributed by atoms with Crippen LogP contribution in [0.25, 0.3) is 0 Å². The van der Waals surface area contributed by atoms with Gasteiger partial charge in [0.1, 0.15) is 0 Å². The molecule has 0 radical (unpaired) electrons. The second kappa shape index (κ2) is 6.26. The Morgan fingerprint density at radius 3 is 2.67 bits per heavy atom. The number of nitrogens with zero attached hydrogens (tertiary/aromatic N) is 2. The van der Waals surface area contributed by atoms with Crippen molar-refractivity contribution >= 4 is 11.8 Å². The van der Waals surface area contributed by atoms with Gasteiger partial charge in [-0.25, -0.2) is 0 Å². The molecule has 6 heteroatoms. The largest absolute Gasteiger partial charge is 0.368 e. The van der Waals surface area contributed by atoms with E-state index in [9.17, 15) is 0 Å². The van der Waals surface area contributed by atoms with E-state index < -0.39 is 0 Å². The summed E-state index contributed by atoms with van der Waals surface area (Å²) in [6.45, 7) is 13.3. The molecule has 120 valence electrons. The fourth-order valence-corrected chi connectivity index (χ4v) is 3.67. The van der Waals surface area contributed by atoms with E-state index in [-0.39, 0.29) is 22.5 Å². The molecule has 0 saturated carbocycles. The SMILES string of the molecule is CCS[C@@H](C)c1noc(CN[C@H]2CC(C)(C)OC2(C)C)n1. The van der Waals surface area contributed by atoms with Crippen molar-refractivity contribution in [1.29, 1.82) is 0 Å². The zero-order valence-corrected chi connectivity index (χ0v) is 14.7. The first kappa shape index (κ1) is 16.8. The van der Waals surface area contributed by atoms with Crippen molar-refractivity contribution in [2.45, 2.75) is 77.0 Å². The van der Waals surface area contributed by atoms with E-state index in [1.807, 2.05) is 11.8 Å². The summed E-state index contributed by atoms with van der Waals surface area (Å²) in [5.74, 6) is 2.47. The first-order chi connectivity index (χ1) is 9.73.